The third-order valence-corrected chi connectivity index (χ3v) is 5.01. The molecule has 1 unspecified atom stereocenters. The van der Waals surface area contributed by atoms with Gasteiger partial charge in [-0.3, -0.25) is 0 Å². The quantitative estimate of drug-likeness (QED) is 0.890. The minimum Gasteiger partial charge on any atom is -0.327 e. The van der Waals surface area contributed by atoms with Crippen LogP contribution in [0.3, 0.4) is 0 Å². The van der Waals surface area contributed by atoms with Gasteiger partial charge in [-0.15, -0.1) is 11.3 Å². The van der Waals surface area contributed by atoms with Crippen LogP contribution in [0.2, 0.25) is 0 Å². The van der Waals surface area contributed by atoms with Gasteiger partial charge in [0.1, 0.15) is 0 Å². The average Bonchev–Trinajstić information content (AvgIpc) is 2.75. The van der Waals surface area contributed by atoms with Crippen LogP contribution in [0.5, 0.6) is 0 Å². The smallest absolute Gasteiger partial charge is 0.0897 e. The first kappa shape index (κ1) is 13.0. The van der Waals surface area contributed by atoms with E-state index in [1.54, 1.807) is 11.3 Å². The molecule has 0 amide bonds. The number of aromatic nitrogens is 1. The van der Waals surface area contributed by atoms with E-state index < -0.39 is 0 Å². The molecule has 0 saturated heterocycles. The molecule has 0 radical (unpaired) electrons. The lowest BCUT2D eigenvalue weighted by Crippen LogP contribution is -2.35. The zero-order chi connectivity index (χ0) is 12.3. The Labute approximate surface area is 109 Å². The van der Waals surface area contributed by atoms with Crippen molar-refractivity contribution in [3.63, 3.8) is 0 Å². The molecular weight excluding hydrogens is 228 g/mol. The van der Waals surface area contributed by atoms with E-state index in [2.05, 4.69) is 24.2 Å². The first-order chi connectivity index (χ1) is 8.19. The molecule has 1 saturated carbocycles. The zero-order valence-corrected chi connectivity index (χ0v) is 11.8. The van der Waals surface area contributed by atoms with Crippen LogP contribution in [0, 0.1) is 18.8 Å². The van der Waals surface area contributed by atoms with Crippen LogP contribution in [0.25, 0.3) is 0 Å². The van der Waals surface area contributed by atoms with Crippen molar-refractivity contribution in [2.75, 3.05) is 0 Å². The van der Waals surface area contributed by atoms with E-state index in [1.807, 2.05) is 0 Å². The average molecular weight is 252 g/mol. The largest absolute Gasteiger partial charge is 0.327 e. The van der Waals surface area contributed by atoms with Crippen molar-refractivity contribution in [3.8, 4) is 0 Å². The zero-order valence-electron chi connectivity index (χ0n) is 11.0. The molecule has 2 N–H and O–H groups in total. The van der Waals surface area contributed by atoms with Crippen LogP contribution in [-0.4, -0.2) is 11.0 Å². The highest BCUT2D eigenvalue weighted by atomic mass is 32.1. The Kier molecular flexibility index (Phi) is 4.57. The topological polar surface area (TPSA) is 38.9 Å². The summed E-state index contributed by atoms with van der Waals surface area (Å²) >= 11 is 1.73. The molecule has 96 valence electrons. The summed E-state index contributed by atoms with van der Waals surface area (Å²) in [6.07, 6.45) is 7.71. The van der Waals surface area contributed by atoms with Gasteiger partial charge in [-0.2, -0.15) is 0 Å². The van der Waals surface area contributed by atoms with Gasteiger partial charge in [0.25, 0.3) is 0 Å². The Bertz CT molecular complexity index is 340. The van der Waals surface area contributed by atoms with Gasteiger partial charge in [0, 0.05) is 17.8 Å². The fourth-order valence-corrected chi connectivity index (χ4v) is 3.56. The Morgan fingerprint density at radius 1 is 1.41 bits per heavy atom. The Hall–Kier alpha value is -0.410. The highest BCUT2D eigenvalue weighted by Gasteiger charge is 2.25. The lowest BCUT2D eigenvalue weighted by Gasteiger charge is -2.31. The molecule has 3 heteroatoms. The van der Waals surface area contributed by atoms with Crippen LogP contribution in [-0.2, 0) is 6.42 Å². The van der Waals surface area contributed by atoms with Crippen LogP contribution < -0.4 is 5.73 Å². The molecule has 1 heterocycles. The van der Waals surface area contributed by atoms with E-state index in [1.165, 1.54) is 37.8 Å². The molecule has 1 aromatic heterocycles. The van der Waals surface area contributed by atoms with E-state index >= 15 is 0 Å². The van der Waals surface area contributed by atoms with E-state index in [9.17, 15) is 0 Å². The minimum absolute atomic E-state index is 0.314. The molecule has 17 heavy (non-hydrogen) atoms. The third kappa shape index (κ3) is 3.52. The maximum Gasteiger partial charge on any atom is 0.0897 e. The van der Waals surface area contributed by atoms with Gasteiger partial charge < -0.3 is 5.73 Å². The number of nitrogens with zero attached hydrogens (tertiary/aromatic N) is 1. The van der Waals surface area contributed by atoms with Crippen molar-refractivity contribution in [2.45, 2.75) is 58.4 Å². The van der Waals surface area contributed by atoms with Gasteiger partial charge in [0.2, 0.25) is 0 Å². The lowest BCUT2D eigenvalue weighted by atomic mass is 9.77. The number of hydrogen-bond acceptors (Lipinski definition) is 3. The Balaban J connectivity index is 1.82. The Morgan fingerprint density at radius 3 is 2.65 bits per heavy atom. The van der Waals surface area contributed by atoms with Crippen molar-refractivity contribution < 1.29 is 0 Å². The molecule has 2 nitrogen and oxygen atoms in total. The van der Waals surface area contributed by atoms with Gasteiger partial charge in [0.05, 0.1) is 10.7 Å². The monoisotopic (exact) mass is 252 g/mol. The third-order valence-electron chi connectivity index (χ3n) is 4.19. The van der Waals surface area contributed by atoms with Gasteiger partial charge in [-0.25, -0.2) is 4.98 Å². The molecule has 0 spiro atoms. The van der Waals surface area contributed by atoms with Crippen LogP contribution in [0.15, 0.2) is 5.38 Å². The molecule has 1 atom stereocenters. The standard InChI is InChI=1S/C14H24N2S/c1-3-11-4-6-12(7-5-11)14(15)8-13-9-17-10(2)16-13/h9,11-12,14H,3-8,15H2,1-2H3. The van der Waals surface area contributed by atoms with Crippen molar-refractivity contribution in [2.24, 2.45) is 17.6 Å². The second-order valence-corrected chi connectivity index (χ2v) is 6.48. The molecule has 1 fully saturated rings. The first-order valence-corrected chi connectivity index (χ1v) is 7.73. The van der Waals surface area contributed by atoms with Crippen molar-refractivity contribution in [1.29, 1.82) is 0 Å². The normalized spacial score (nSPS) is 27.0. The summed E-state index contributed by atoms with van der Waals surface area (Å²) in [6.45, 7) is 4.37. The summed E-state index contributed by atoms with van der Waals surface area (Å²) in [6, 6.07) is 0.314. The molecule has 2 rings (SSSR count). The summed E-state index contributed by atoms with van der Waals surface area (Å²) in [7, 11) is 0. The van der Waals surface area contributed by atoms with E-state index in [0.717, 1.165) is 23.3 Å². The summed E-state index contributed by atoms with van der Waals surface area (Å²) in [5, 5.41) is 3.31. The predicted octanol–water partition coefficient (Wildman–Crippen LogP) is 3.54. The van der Waals surface area contributed by atoms with Crippen LogP contribution in [0.1, 0.15) is 49.7 Å². The number of hydrogen-bond donors (Lipinski definition) is 1. The number of rotatable bonds is 4. The predicted molar refractivity (Wildman–Crippen MR) is 74.3 cm³/mol. The number of aryl methyl sites for hydroxylation is 1. The maximum atomic E-state index is 6.34. The van der Waals surface area contributed by atoms with E-state index in [4.69, 9.17) is 5.73 Å². The molecule has 1 aromatic rings. The SMILES string of the molecule is CCC1CCC(C(N)Cc2csc(C)n2)CC1. The highest BCUT2D eigenvalue weighted by molar-refractivity contribution is 7.09. The summed E-state index contributed by atoms with van der Waals surface area (Å²) in [5.41, 5.74) is 7.53. The molecule has 1 aliphatic rings. The second-order valence-electron chi connectivity index (χ2n) is 5.41. The fourth-order valence-electron chi connectivity index (χ4n) is 2.93. The maximum absolute atomic E-state index is 6.34. The van der Waals surface area contributed by atoms with Gasteiger partial charge in [-0.1, -0.05) is 26.2 Å². The molecule has 0 aliphatic heterocycles. The fraction of sp³-hybridized carbons (Fsp3) is 0.786. The lowest BCUT2D eigenvalue weighted by molar-refractivity contribution is 0.237. The van der Waals surface area contributed by atoms with Gasteiger partial charge in [-0.05, 0) is 31.6 Å². The van der Waals surface area contributed by atoms with Crippen molar-refractivity contribution in [1.82, 2.24) is 4.98 Å². The summed E-state index contributed by atoms with van der Waals surface area (Å²) in [4.78, 5) is 4.52. The minimum atomic E-state index is 0.314. The number of nitrogens with two attached hydrogens (primary N) is 1. The first-order valence-electron chi connectivity index (χ1n) is 6.85. The molecular formula is C14H24N2S. The van der Waals surface area contributed by atoms with Crippen molar-refractivity contribution >= 4 is 11.3 Å². The van der Waals surface area contributed by atoms with E-state index in [0.29, 0.717) is 6.04 Å². The van der Waals surface area contributed by atoms with Crippen LogP contribution >= 0.6 is 11.3 Å². The second kappa shape index (κ2) is 5.96. The van der Waals surface area contributed by atoms with Gasteiger partial charge >= 0.3 is 0 Å². The van der Waals surface area contributed by atoms with E-state index in [-0.39, 0.29) is 0 Å². The number of thiazole rings is 1. The Morgan fingerprint density at radius 2 is 2.12 bits per heavy atom. The van der Waals surface area contributed by atoms with Crippen LogP contribution in [0.4, 0.5) is 0 Å². The van der Waals surface area contributed by atoms with Gasteiger partial charge in [0.15, 0.2) is 0 Å². The van der Waals surface area contributed by atoms with Crippen molar-refractivity contribution in [3.05, 3.63) is 16.1 Å². The molecule has 0 aromatic carbocycles. The molecule has 0 bridgehead atoms. The summed E-state index contributed by atoms with van der Waals surface area (Å²) in [5.74, 6) is 1.68. The molecule has 1 aliphatic carbocycles. The summed E-state index contributed by atoms with van der Waals surface area (Å²) < 4.78 is 0. The highest BCUT2D eigenvalue weighted by Crippen LogP contribution is 2.32.